The Hall–Kier alpha value is -2.51. The van der Waals surface area contributed by atoms with E-state index in [0.717, 1.165) is 5.56 Å². The van der Waals surface area contributed by atoms with E-state index >= 15 is 0 Å². The van der Waals surface area contributed by atoms with Crippen LogP contribution < -0.4 is 19.5 Å². The fourth-order valence-corrected chi connectivity index (χ4v) is 3.49. The van der Waals surface area contributed by atoms with Crippen molar-refractivity contribution in [3.8, 4) is 17.2 Å². The minimum absolute atomic E-state index is 0.176. The van der Waals surface area contributed by atoms with Gasteiger partial charge in [-0.2, -0.15) is 0 Å². The number of ether oxygens (including phenoxy) is 3. The number of hydrogen-bond acceptors (Lipinski definition) is 6. The molecule has 2 aromatic rings. The number of nitrogens with one attached hydrogen (secondary N) is 1. The number of hydrogen-bond donors (Lipinski definition) is 1. The maximum atomic E-state index is 11.8. The van der Waals surface area contributed by atoms with E-state index < -0.39 is 0 Å². The van der Waals surface area contributed by atoms with E-state index in [-0.39, 0.29) is 5.91 Å². The van der Waals surface area contributed by atoms with Crippen LogP contribution in [-0.2, 0) is 4.79 Å². The van der Waals surface area contributed by atoms with Gasteiger partial charge in [-0.3, -0.25) is 4.79 Å². The van der Waals surface area contributed by atoms with Crippen molar-refractivity contribution >= 4 is 40.3 Å². The van der Waals surface area contributed by atoms with E-state index in [1.807, 2.05) is 48.5 Å². The molecule has 2 aromatic carbocycles. The predicted molar refractivity (Wildman–Crippen MR) is 111 cm³/mol. The van der Waals surface area contributed by atoms with E-state index in [4.69, 9.17) is 26.4 Å². The number of carbonyl (C=O) groups excluding carboxylic acids is 1. The van der Waals surface area contributed by atoms with E-state index in [1.165, 1.54) is 11.8 Å². The number of para-hydroxylation sites is 3. The quantitative estimate of drug-likeness (QED) is 0.409. The minimum Gasteiger partial charge on any atom is -0.493 e. The zero-order chi connectivity index (χ0) is 19.1. The van der Waals surface area contributed by atoms with E-state index in [2.05, 4.69) is 5.32 Å². The Labute approximate surface area is 167 Å². The number of amides is 1. The second-order valence-electron chi connectivity index (χ2n) is 5.59. The molecule has 0 bridgehead atoms. The largest absolute Gasteiger partial charge is 0.493 e. The van der Waals surface area contributed by atoms with Crippen LogP contribution in [0.3, 0.4) is 0 Å². The lowest BCUT2D eigenvalue weighted by atomic mass is 10.2. The van der Waals surface area contributed by atoms with Gasteiger partial charge in [0.05, 0.1) is 25.2 Å². The van der Waals surface area contributed by atoms with Gasteiger partial charge >= 0.3 is 0 Å². The van der Waals surface area contributed by atoms with Crippen molar-refractivity contribution in [2.24, 2.45) is 0 Å². The Bertz CT molecular complexity index is 867. The van der Waals surface area contributed by atoms with Crippen molar-refractivity contribution < 1.29 is 19.0 Å². The molecule has 0 aromatic heterocycles. The zero-order valence-corrected chi connectivity index (χ0v) is 16.4. The lowest BCUT2D eigenvalue weighted by molar-refractivity contribution is -0.115. The van der Waals surface area contributed by atoms with Gasteiger partial charge in [0, 0.05) is 12.0 Å². The van der Waals surface area contributed by atoms with Crippen molar-refractivity contribution in [1.29, 1.82) is 0 Å². The highest BCUT2D eigenvalue weighted by Gasteiger charge is 2.22. The van der Waals surface area contributed by atoms with Gasteiger partial charge in [-0.25, -0.2) is 0 Å². The molecule has 0 unspecified atom stereocenters. The highest BCUT2D eigenvalue weighted by Crippen LogP contribution is 2.29. The first-order chi connectivity index (χ1) is 13.2. The molecule has 1 fully saturated rings. The zero-order valence-electron chi connectivity index (χ0n) is 14.8. The lowest BCUT2D eigenvalue weighted by Crippen LogP contribution is -2.17. The van der Waals surface area contributed by atoms with Gasteiger partial charge in [0.15, 0.2) is 11.5 Å². The molecule has 1 aliphatic heterocycles. The summed E-state index contributed by atoms with van der Waals surface area (Å²) < 4.78 is 17.3. The molecule has 0 aliphatic carbocycles. The third-order valence-corrected chi connectivity index (χ3v) is 4.88. The summed E-state index contributed by atoms with van der Waals surface area (Å²) in [6.45, 7) is 1.00. The van der Waals surface area contributed by atoms with Crippen molar-refractivity contribution in [2.75, 3.05) is 20.3 Å². The molecule has 1 saturated heterocycles. The Balaban J connectivity index is 1.54. The smallest absolute Gasteiger partial charge is 0.263 e. The summed E-state index contributed by atoms with van der Waals surface area (Å²) in [6.07, 6.45) is 2.50. The lowest BCUT2D eigenvalue weighted by Gasteiger charge is -2.12. The number of methoxy groups -OCH3 is 1. The summed E-state index contributed by atoms with van der Waals surface area (Å²) in [5.74, 6) is 1.96. The molecule has 7 heteroatoms. The van der Waals surface area contributed by atoms with Crippen LogP contribution in [0.1, 0.15) is 12.0 Å². The number of benzene rings is 2. The average molecular weight is 402 g/mol. The average Bonchev–Trinajstić information content (AvgIpc) is 3.00. The van der Waals surface area contributed by atoms with Crippen LogP contribution in [0.2, 0.25) is 0 Å². The molecule has 0 radical (unpaired) electrons. The van der Waals surface area contributed by atoms with Crippen LogP contribution in [0.5, 0.6) is 17.2 Å². The van der Waals surface area contributed by atoms with Crippen molar-refractivity contribution in [3.63, 3.8) is 0 Å². The monoisotopic (exact) mass is 401 g/mol. The van der Waals surface area contributed by atoms with E-state index in [0.29, 0.717) is 46.1 Å². The molecule has 0 saturated carbocycles. The third-order valence-electron chi connectivity index (χ3n) is 3.72. The molecular weight excluding hydrogens is 382 g/mol. The van der Waals surface area contributed by atoms with Crippen molar-refractivity contribution in [1.82, 2.24) is 5.32 Å². The third kappa shape index (κ3) is 5.24. The second kappa shape index (κ2) is 9.43. The van der Waals surface area contributed by atoms with Crippen LogP contribution >= 0.6 is 24.0 Å². The minimum atomic E-state index is -0.176. The van der Waals surface area contributed by atoms with E-state index in [9.17, 15) is 4.79 Å². The summed E-state index contributed by atoms with van der Waals surface area (Å²) in [6, 6.07) is 15.1. The summed E-state index contributed by atoms with van der Waals surface area (Å²) in [5, 5.41) is 2.61. The number of thioether (sulfide) groups is 1. The van der Waals surface area contributed by atoms with E-state index in [1.54, 1.807) is 13.2 Å². The van der Waals surface area contributed by atoms with Crippen LogP contribution in [0.15, 0.2) is 53.4 Å². The standard InChI is InChI=1S/C20H19NO4S2/c1-23-16-9-4-5-10-17(16)25-12-6-11-24-15-8-3-2-7-14(15)13-18-19(22)21-20(26)27-18/h2-5,7-10,13H,6,11-12H2,1H3,(H,21,22,26). The van der Waals surface area contributed by atoms with Gasteiger partial charge in [-0.05, 0) is 24.3 Å². The second-order valence-corrected chi connectivity index (χ2v) is 7.31. The fraction of sp³-hybridized carbons (Fsp3) is 0.200. The maximum absolute atomic E-state index is 11.8. The van der Waals surface area contributed by atoms with Gasteiger partial charge < -0.3 is 19.5 Å². The highest BCUT2D eigenvalue weighted by atomic mass is 32.2. The van der Waals surface area contributed by atoms with Crippen LogP contribution in [0.4, 0.5) is 0 Å². The fourth-order valence-electron chi connectivity index (χ4n) is 2.45. The van der Waals surface area contributed by atoms with Crippen LogP contribution in [0.25, 0.3) is 6.08 Å². The molecule has 3 rings (SSSR count). The van der Waals surface area contributed by atoms with Gasteiger partial charge in [0.1, 0.15) is 10.1 Å². The van der Waals surface area contributed by atoms with Crippen LogP contribution in [0, 0.1) is 0 Å². The Morgan fingerprint density at radius 3 is 2.30 bits per heavy atom. The van der Waals surface area contributed by atoms with Gasteiger partial charge in [0.25, 0.3) is 5.91 Å². The molecule has 5 nitrogen and oxygen atoms in total. The van der Waals surface area contributed by atoms with Crippen LogP contribution in [-0.4, -0.2) is 30.6 Å². The first kappa shape index (κ1) is 19.3. The van der Waals surface area contributed by atoms with Gasteiger partial charge in [-0.1, -0.05) is 54.3 Å². The number of carbonyl (C=O) groups is 1. The molecule has 1 aliphatic rings. The van der Waals surface area contributed by atoms with Gasteiger partial charge in [0.2, 0.25) is 0 Å². The summed E-state index contributed by atoms with van der Waals surface area (Å²) in [4.78, 5) is 12.4. The molecular formula is C20H19NO4S2. The normalized spacial score (nSPS) is 14.9. The molecule has 140 valence electrons. The van der Waals surface area contributed by atoms with Crippen molar-refractivity contribution in [2.45, 2.75) is 6.42 Å². The van der Waals surface area contributed by atoms with Crippen molar-refractivity contribution in [3.05, 3.63) is 59.0 Å². The molecule has 1 amide bonds. The number of rotatable bonds is 8. The Morgan fingerprint density at radius 1 is 1.00 bits per heavy atom. The number of thiocarbonyl (C=S) groups is 1. The Morgan fingerprint density at radius 2 is 1.63 bits per heavy atom. The maximum Gasteiger partial charge on any atom is 0.263 e. The predicted octanol–water partition coefficient (Wildman–Crippen LogP) is 4.03. The first-order valence-corrected chi connectivity index (χ1v) is 9.62. The molecule has 1 heterocycles. The Kier molecular flexibility index (Phi) is 6.73. The molecule has 0 atom stereocenters. The SMILES string of the molecule is COc1ccccc1OCCCOc1ccccc1C=C1SC(=S)NC1=O. The summed E-state index contributed by atoms with van der Waals surface area (Å²) >= 11 is 6.27. The first-order valence-electron chi connectivity index (χ1n) is 8.40. The summed E-state index contributed by atoms with van der Waals surface area (Å²) in [7, 11) is 1.62. The molecule has 27 heavy (non-hydrogen) atoms. The van der Waals surface area contributed by atoms with Gasteiger partial charge in [-0.15, -0.1) is 0 Å². The summed E-state index contributed by atoms with van der Waals surface area (Å²) in [5.41, 5.74) is 0.838. The topological polar surface area (TPSA) is 56.8 Å². The highest BCUT2D eigenvalue weighted by molar-refractivity contribution is 8.26. The molecule has 1 N–H and O–H groups in total. The molecule has 0 spiro atoms.